The highest BCUT2D eigenvalue weighted by Crippen LogP contribution is 2.35. The highest BCUT2D eigenvalue weighted by molar-refractivity contribution is 6.11. The summed E-state index contributed by atoms with van der Waals surface area (Å²) in [5, 5.41) is 2.80. The van der Waals surface area contributed by atoms with E-state index in [0.717, 1.165) is 4.90 Å². The number of rotatable bonds is 4. The zero-order chi connectivity index (χ0) is 19.7. The van der Waals surface area contributed by atoms with Crippen LogP contribution in [0.4, 0.5) is 4.79 Å². The molecule has 1 N–H and O–H groups in total. The first-order valence-electron chi connectivity index (χ1n) is 8.71. The average Bonchev–Trinajstić information content (AvgIpc) is 2.87. The number of nitrogens with one attached hydrogen (secondary N) is 1. The van der Waals surface area contributed by atoms with E-state index in [1.165, 1.54) is 0 Å². The summed E-state index contributed by atoms with van der Waals surface area (Å²) < 4.78 is 5.26. The van der Waals surface area contributed by atoms with Gasteiger partial charge in [0, 0.05) is 0 Å². The van der Waals surface area contributed by atoms with Crippen molar-refractivity contribution in [3.05, 3.63) is 71.8 Å². The van der Waals surface area contributed by atoms with Gasteiger partial charge < -0.3 is 10.1 Å². The third kappa shape index (κ3) is 3.56. The van der Waals surface area contributed by atoms with Crippen molar-refractivity contribution in [2.45, 2.75) is 31.9 Å². The standard InChI is InChI=1S/C21H22N2O4/c1-20(2,3)27-17(24)14-23-18(25)21(22-19(23)26,15-10-6-4-7-11-15)16-12-8-5-9-13-16/h4-13H,14H2,1-3H3,(H,22,26). The zero-order valence-electron chi connectivity index (χ0n) is 15.6. The number of imide groups is 1. The maximum absolute atomic E-state index is 13.4. The van der Waals surface area contributed by atoms with E-state index < -0.39 is 35.6 Å². The van der Waals surface area contributed by atoms with Gasteiger partial charge in [-0.3, -0.25) is 14.5 Å². The topological polar surface area (TPSA) is 75.7 Å². The van der Waals surface area contributed by atoms with E-state index in [2.05, 4.69) is 5.32 Å². The van der Waals surface area contributed by atoms with E-state index in [1.807, 2.05) is 12.1 Å². The zero-order valence-corrected chi connectivity index (χ0v) is 15.6. The van der Waals surface area contributed by atoms with Gasteiger partial charge in [-0.2, -0.15) is 0 Å². The molecule has 0 saturated carbocycles. The van der Waals surface area contributed by atoms with Crippen molar-refractivity contribution in [3.8, 4) is 0 Å². The lowest BCUT2D eigenvalue weighted by molar-refractivity contribution is -0.157. The molecule has 3 amide bonds. The van der Waals surface area contributed by atoms with Gasteiger partial charge in [-0.05, 0) is 31.9 Å². The third-order valence-corrected chi connectivity index (χ3v) is 4.23. The predicted molar refractivity (Wildman–Crippen MR) is 99.8 cm³/mol. The molecule has 1 saturated heterocycles. The number of esters is 1. The Morgan fingerprint density at radius 2 is 1.44 bits per heavy atom. The number of carbonyl (C=O) groups excluding carboxylic acids is 3. The summed E-state index contributed by atoms with van der Waals surface area (Å²) in [5.74, 6) is -1.14. The van der Waals surface area contributed by atoms with Crippen LogP contribution in [0.1, 0.15) is 31.9 Å². The summed E-state index contributed by atoms with van der Waals surface area (Å²) in [4.78, 5) is 39.1. The summed E-state index contributed by atoms with van der Waals surface area (Å²) in [6.07, 6.45) is 0. The van der Waals surface area contributed by atoms with Crippen molar-refractivity contribution < 1.29 is 19.1 Å². The van der Waals surface area contributed by atoms with E-state index in [1.54, 1.807) is 69.3 Å². The minimum Gasteiger partial charge on any atom is -0.459 e. The van der Waals surface area contributed by atoms with Crippen LogP contribution in [0.15, 0.2) is 60.7 Å². The number of hydrogen-bond donors (Lipinski definition) is 1. The molecular formula is C21H22N2O4. The lowest BCUT2D eigenvalue weighted by Crippen LogP contribution is -2.45. The molecule has 0 spiro atoms. The molecule has 1 aliphatic rings. The Kier molecular flexibility index (Phi) is 4.74. The average molecular weight is 366 g/mol. The molecule has 6 nitrogen and oxygen atoms in total. The Balaban J connectivity index is 2.00. The summed E-state index contributed by atoms with van der Waals surface area (Å²) in [6, 6.07) is 17.4. The second-order valence-corrected chi connectivity index (χ2v) is 7.39. The first-order valence-corrected chi connectivity index (χ1v) is 8.71. The smallest absolute Gasteiger partial charge is 0.326 e. The van der Waals surface area contributed by atoms with Gasteiger partial charge in [-0.1, -0.05) is 60.7 Å². The van der Waals surface area contributed by atoms with Crippen molar-refractivity contribution in [3.63, 3.8) is 0 Å². The highest BCUT2D eigenvalue weighted by atomic mass is 16.6. The van der Waals surface area contributed by atoms with Crippen LogP contribution in [0, 0.1) is 0 Å². The van der Waals surface area contributed by atoms with Gasteiger partial charge in [-0.15, -0.1) is 0 Å². The van der Waals surface area contributed by atoms with Crippen LogP contribution in [0.5, 0.6) is 0 Å². The van der Waals surface area contributed by atoms with Crippen molar-refractivity contribution >= 4 is 17.9 Å². The van der Waals surface area contributed by atoms with Gasteiger partial charge in [0.2, 0.25) is 0 Å². The van der Waals surface area contributed by atoms with Gasteiger partial charge in [0.25, 0.3) is 5.91 Å². The molecule has 0 radical (unpaired) electrons. The Bertz CT molecular complexity index is 817. The molecule has 0 unspecified atom stereocenters. The predicted octanol–water partition coefficient (Wildman–Crippen LogP) is 2.82. The van der Waals surface area contributed by atoms with Gasteiger partial charge in [0.15, 0.2) is 5.54 Å². The molecule has 1 aliphatic heterocycles. The van der Waals surface area contributed by atoms with Crippen LogP contribution in [-0.4, -0.2) is 35.0 Å². The second kappa shape index (κ2) is 6.87. The van der Waals surface area contributed by atoms with Crippen molar-refractivity contribution in [1.29, 1.82) is 0 Å². The molecule has 3 rings (SSSR count). The lowest BCUT2D eigenvalue weighted by atomic mass is 9.82. The fourth-order valence-electron chi connectivity index (χ4n) is 3.16. The largest absolute Gasteiger partial charge is 0.459 e. The number of nitrogens with zero attached hydrogens (tertiary/aromatic N) is 1. The molecule has 1 heterocycles. The second-order valence-electron chi connectivity index (χ2n) is 7.39. The van der Waals surface area contributed by atoms with Crippen LogP contribution in [0.3, 0.4) is 0 Å². The molecule has 6 heteroatoms. The summed E-state index contributed by atoms with van der Waals surface area (Å²) >= 11 is 0. The van der Waals surface area contributed by atoms with Crippen LogP contribution in [0.2, 0.25) is 0 Å². The first kappa shape index (κ1) is 18.6. The maximum Gasteiger partial charge on any atom is 0.326 e. The molecule has 2 aromatic rings. The van der Waals surface area contributed by atoms with E-state index >= 15 is 0 Å². The summed E-state index contributed by atoms with van der Waals surface area (Å²) in [5.41, 5.74) is -0.823. The number of hydrogen-bond acceptors (Lipinski definition) is 4. The first-order chi connectivity index (χ1) is 12.7. The molecule has 0 bridgehead atoms. The van der Waals surface area contributed by atoms with E-state index in [9.17, 15) is 14.4 Å². The quantitative estimate of drug-likeness (QED) is 0.667. The number of urea groups is 1. The van der Waals surface area contributed by atoms with Crippen LogP contribution >= 0.6 is 0 Å². The molecule has 2 aromatic carbocycles. The van der Waals surface area contributed by atoms with Gasteiger partial charge in [0.05, 0.1) is 0 Å². The fraction of sp³-hybridized carbons (Fsp3) is 0.286. The molecule has 0 aliphatic carbocycles. The van der Waals surface area contributed by atoms with Crippen LogP contribution in [-0.2, 0) is 19.9 Å². The van der Waals surface area contributed by atoms with Crippen LogP contribution in [0.25, 0.3) is 0 Å². The van der Waals surface area contributed by atoms with E-state index in [4.69, 9.17) is 4.74 Å². The normalized spacial score (nSPS) is 16.2. The monoisotopic (exact) mass is 366 g/mol. The van der Waals surface area contributed by atoms with Crippen molar-refractivity contribution in [2.75, 3.05) is 6.54 Å². The molecule has 0 atom stereocenters. The Morgan fingerprint density at radius 3 is 1.89 bits per heavy atom. The molecule has 1 fully saturated rings. The number of amides is 3. The lowest BCUT2D eigenvalue weighted by Gasteiger charge is -2.28. The minimum atomic E-state index is -1.37. The Labute approximate surface area is 158 Å². The van der Waals surface area contributed by atoms with Crippen LogP contribution < -0.4 is 5.32 Å². The summed E-state index contributed by atoms with van der Waals surface area (Å²) in [7, 11) is 0. The third-order valence-electron chi connectivity index (χ3n) is 4.23. The highest BCUT2D eigenvalue weighted by Gasteiger charge is 2.54. The van der Waals surface area contributed by atoms with Gasteiger partial charge >= 0.3 is 12.0 Å². The Morgan fingerprint density at radius 1 is 0.963 bits per heavy atom. The van der Waals surface area contributed by atoms with E-state index in [0.29, 0.717) is 11.1 Å². The fourth-order valence-corrected chi connectivity index (χ4v) is 3.16. The SMILES string of the molecule is CC(C)(C)OC(=O)CN1C(=O)NC(c2ccccc2)(c2ccccc2)C1=O. The number of benzene rings is 2. The van der Waals surface area contributed by atoms with Gasteiger partial charge in [0.1, 0.15) is 12.1 Å². The molecule has 140 valence electrons. The molecular weight excluding hydrogens is 344 g/mol. The van der Waals surface area contributed by atoms with Gasteiger partial charge in [-0.25, -0.2) is 4.79 Å². The molecule has 0 aromatic heterocycles. The minimum absolute atomic E-state index is 0.441. The van der Waals surface area contributed by atoms with Crippen molar-refractivity contribution in [1.82, 2.24) is 10.2 Å². The molecule has 27 heavy (non-hydrogen) atoms. The van der Waals surface area contributed by atoms with Crippen molar-refractivity contribution in [2.24, 2.45) is 0 Å². The number of ether oxygens (including phenoxy) is 1. The Hall–Kier alpha value is -3.15. The maximum atomic E-state index is 13.4. The van der Waals surface area contributed by atoms with E-state index in [-0.39, 0.29) is 0 Å². The summed E-state index contributed by atoms with van der Waals surface area (Å²) in [6.45, 7) is 4.75. The number of carbonyl (C=O) groups is 3.